The molecule has 0 saturated carbocycles. The van der Waals surface area contributed by atoms with Crippen molar-refractivity contribution in [2.75, 3.05) is 6.16 Å². The van der Waals surface area contributed by atoms with Gasteiger partial charge in [-0.25, -0.2) is 0 Å². The Labute approximate surface area is 146 Å². The SMILES string of the molecule is CCCCCCCC(=O)O.CCCCCCCCP.[SnH2]. The molecule has 1 N–H and O–H groups in total. The van der Waals surface area contributed by atoms with Gasteiger partial charge in [-0.15, -0.1) is 9.24 Å². The molecule has 0 amide bonds. The molecule has 4 heteroatoms. The molecule has 2 nitrogen and oxygen atoms in total. The van der Waals surface area contributed by atoms with Crippen LogP contribution < -0.4 is 0 Å². The van der Waals surface area contributed by atoms with Crippen LogP contribution in [0.4, 0.5) is 0 Å². The number of carbonyl (C=O) groups is 1. The van der Waals surface area contributed by atoms with E-state index in [-0.39, 0.29) is 23.9 Å². The molecule has 122 valence electrons. The first kappa shape index (κ1) is 25.6. The van der Waals surface area contributed by atoms with Crippen LogP contribution in [0.25, 0.3) is 0 Å². The van der Waals surface area contributed by atoms with Crippen LogP contribution in [0, 0.1) is 0 Å². The summed E-state index contributed by atoms with van der Waals surface area (Å²) in [7, 11) is 2.78. The Morgan fingerprint density at radius 3 is 1.60 bits per heavy atom. The van der Waals surface area contributed by atoms with Crippen LogP contribution in [-0.2, 0) is 4.79 Å². The van der Waals surface area contributed by atoms with E-state index in [9.17, 15) is 4.79 Å². The maximum atomic E-state index is 10.0. The zero-order valence-electron chi connectivity index (χ0n) is 13.8. The summed E-state index contributed by atoms with van der Waals surface area (Å²) in [5.74, 6) is -0.670. The Morgan fingerprint density at radius 1 is 0.800 bits per heavy atom. The Morgan fingerprint density at radius 2 is 1.20 bits per heavy atom. The first-order chi connectivity index (χ1) is 9.18. The van der Waals surface area contributed by atoms with Crippen molar-refractivity contribution in [3.63, 3.8) is 0 Å². The summed E-state index contributed by atoms with van der Waals surface area (Å²) in [6.45, 7) is 4.41. The van der Waals surface area contributed by atoms with Gasteiger partial charge in [0.25, 0.3) is 0 Å². The number of hydrogen-bond donors (Lipinski definition) is 1. The summed E-state index contributed by atoms with van der Waals surface area (Å²) in [5, 5.41) is 8.27. The molecule has 0 aromatic heterocycles. The number of carboxylic acids is 1. The first-order valence-corrected chi connectivity index (χ1v) is 8.92. The number of rotatable bonds is 12. The summed E-state index contributed by atoms with van der Waals surface area (Å²) in [6, 6.07) is 0. The molecule has 0 aliphatic carbocycles. The molecule has 0 aliphatic rings. The van der Waals surface area contributed by atoms with Crippen molar-refractivity contribution in [1.82, 2.24) is 0 Å². The normalized spacial score (nSPS) is 9.35. The standard InChI is InChI=1S/C8H16O2.C8H19P.Sn.2H/c1-2-3-4-5-6-7-8(9)10;1-2-3-4-5-6-7-8-9;;;/h2-7H2,1H3,(H,9,10);2-9H2,1H3;;;. The molecular weight excluding hydrogens is 374 g/mol. The van der Waals surface area contributed by atoms with E-state index in [2.05, 4.69) is 23.1 Å². The molecular formula is C16H37O2PSn. The first-order valence-electron chi connectivity index (χ1n) is 8.10. The van der Waals surface area contributed by atoms with E-state index < -0.39 is 5.97 Å². The van der Waals surface area contributed by atoms with Gasteiger partial charge in [0.1, 0.15) is 0 Å². The van der Waals surface area contributed by atoms with E-state index in [1.807, 2.05) is 0 Å². The molecule has 1 unspecified atom stereocenters. The zero-order valence-corrected chi connectivity index (χ0v) is 19.0. The number of unbranched alkanes of at least 4 members (excludes halogenated alkanes) is 9. The van der Waals surface area contributed by atoms with Gasteiger partial charge in [0.05, 0.1) is 0 Å². The topological polar surface area (TPSA) is 37.3 Å². The molecule has 0 fully saturated rings. The Kier molecular flexibility index (Phi) is 31.7. The second kappa shape index (κ2) is 24.7. The molecule has 0 aliphatic heterocycles. The summed E-state index contributed by atoms with van der Waals surface area (Å²) in [4.78, 5) is 10.0. The molecule has 20 heavy (non-hydrogen) atoms. The van der Waals surface area contributed by atoms with Crippen LogP contribution >= 0.6 is 9.24 Å². The summed E-state index contributed by atoms with van der Waals surface area (Å²) in [6.07, 6.45) is 15.7. The van der Waals surface area contributed by atoms with Crippen molar-refractivity contribution < 1.29 is 9.90 Å². The van der Waals surface area contributed by atoms with Crippen LogP contribution in [-0.4, -0.2) is 41.1 Å². The van der Waals surface area contributed by atoms with Gasteiger partial charge in [-0.3, -0.25) is 4.79 Å². The van der Waals surface area contributed by atoms with Crippen LogP contribution in [0.1, 0.15) is 90.9 Å². The van der Waals surface area contributed by atoms with Crippen LogP contribution in [0.15, 0.2) is 0 Å². The van der Waals surface area contributed by atoms with E-state index in [1.165, 1.54) is 63.9 Å². The second-order valence-corrected chi connectivity index (χ2v) is 5.69. The average molecular weight is 411 g/mol. The van der Waals surface area contributed by atoms with Crippen LogP contribution in [0.2, 0.25) is 0 Å². The van der Waals surface area contributed by atoms with Crippen molar-refractivity contribution >= 4 is 39.1 Å². The van der Waals surface area contributed by atoms with Gasteiger partial charge in [0.2, 0.25) is 0 Å². The monoisotopic (exact) mass is 412 g/mol. The molecule has 2 radical (unpaired) electrons. The molecule has 0 aromatic carbocycles. The van der Waals surface area contributed by atoms with Crippen molar-refractivity contribution in [2.45, 2.75) is 90.9 Å². The predicted octanol–water partition coefficient (Wildman–Crippen LogP) is 4.74. The van der Waals surface area contributed by atoms with Gasteiger partial charge in [0.15, 0.2) is 0 Å². The second-order valence-electron chi connectivity index (χ2n) is 5.11. The van der Waals surface area contributed by atoms with Gasteiger partial charge in [-0.1, -0.05) is 71.6 Å². The fraction of sp³-hybridized carbons (Fsp3) is 0.938. The van der Waals surface area contributed by atoms with E-state index in [0.717, 1.165) is 12.8 Å². The average Bonchev–Trinajstić information content (AvgIpc) is 2.39. The molecule has 0 spiro atoms. The molecule has 0 heterocycles. The van der Waals surface area contributed by atoms with Crippen LogP contribution in [0.3, 0.4) is 0 Å². The molecule has 0 bridgehead atoms. The number of hydrogen-bond acceptors (Lipinski definition) is 1. The van der Waals surface area contributed by atoms with E-state index >= 15 is 0 Å². The minimum atomic E-state index is -0.670. The Bertz CT molecular complexity index is 172. The zero-order chi connectivity index (χ0) is 14.8. The van der Waals surface area contributed by atoms with E-state index in [1.54, 1.807) is 0 Å². The Hall–Kier alpha value is 0.699. The molecule has 0 rings (SSSR count). The summed E-state index contributed by atoms with van der Waals surface area (Å²) >= 11 is 0. The number of carboxylic acid groups (broad SMARTS) is 1. The van der Waals surface area contributed by atoms with Gasteiger partial charge >= 0.3 is 29.9 Å². The third kappa shape index (κ3) is 31.2. The van der Waals surface area contributed by atoms with Crippen molar-refractivity contribution in [3.05, 3.63) is 0 Å². The third-order valence-electron chi connectivity index (χ3n) is 3.05. The van der Waals surface area contributed by atoms with Crippen molar-refractivity contribution in [2.24, 2.45) is 0 Å². The predicted molar refractivity (Wildman–Crippen MR) is 97.5 cm³/mol. The van der Waals surface area contributed by atoms with Gasteiger partial charge < -0.3 is 5.11 Å². The quantitative estimate of drug-likeness (QED) is 0.286. The van der Waals surface area contributed by atoms with Crippen molar-refractivity contribution in [1.29, 1.82) is 0 Å². The summed E-state index contributed by atoms with van der Waals surface area (Å²) < 4.78 is 0. The van der Waals surface area contributed by atoms with Gasteiger partial charge in [-0.05, 0) is 19.0 Å². The minimum absolute atomic E-state index is 0. The van der Waals surface area contributed by atoms with Crippen LogP contribution in [0.5, 0.6) is 0 Å². The van der Waals surface area contributed by atoms with E-state index in [4.69, 9.17) is 5.11 Å². The fourth-order valence-electron chi connectivity index (χ4n) is 1.80. The van der Waals surface area contributed by atoms with Gasteiger partial charge in [0, 0.05) is 6.42 Å². The molecule has 0 aromatic rings. The maximum absolute atomic E-state index is 10.0. The fourth-order valence-corrected chi connectivity index (χ4v) is 2.09. The Balaban J connectivity index is -0.000000277. The number of aliphatic carboxylic acids is 1. The van der Waals surface area contributed by atoms with Crippen molar-refractivity contribution in [3.8, 4) is 0 Å². The van der Waals surface area contributed by atoms with E-state index in [0.29, 0.717) is 6.42 Å². The van der Waals surface area contributed by atoms with Gasteiger partial charge in [-0.2, -0.15) is 0 Å². The third-order valence-corrected chi connectivity index (χ3v) is 3.46. The summed E-state index contributed by atoms with van der Waals surface area (Å²) in [5.41, 5.74) is 0. The molecule has 0 saturated heterocycles. The molecule has 1 atom stereocenters.